The predicted octanol–water partition coefficient (Wildman–Crippen LogP) is 2.49. The molecule has 1 aromatic rings. The number of benzene rings is 1. The van der Waals surface area contributed by atoms with Crippen LogP contribution in [0.5, 0.6) is 0 Å². The molecule has 1 rings (SSSR count). The van der Waals surface area contributed by atoms with E-state index in [-0.39, 0.29) is 0 Å². The lowest BCUT2D eigenvalue weighted by molar-refractivity contribution is 0.154. The van der Waals surface area contributed by atoms with Gasteiger partial charge in [-0.1, -0.05) is 24.4 Å². The molecule has 0 saturated heterocycles. The Kier molecular flexibility index (Phi) is 6.09. The lowest BCUT2D eigenvalue weighted by atomic mass is 10.1. The first kappa shape index (κ1) is 14.9. The summed E-state index contributed by atoms with van der Waals surface area (Å²) in [6, 6.07) is 6.05. The molecule has 0 aliphatic rings. The van der Waals surface area contributed by atoms with Crippen molar-refractivity contribution in [3.63, 3.8) is 0 Å². The van der Waals surface area contributed by atoms with E-state index in [2.05, 4.69) is 24.8 Å². The molecule has 3 nitrogen and oxygen atoms in total. The van der Waals surface area contributed by atoms with Gasteiger partial charge in [0.2, 0.25) is 0 Å². The van der Waals surface area contributed by atoms with Gasteiger partial charge in [0.1, 0.15) is 4.99 Å². The molecule has 0 aliphatic carbocycles. The number of nitrogens with zero attached hydrogens (tertiary/aromatic N) is 1. The van der Waals surface area contributed by atoms with Crippen LogP contribution in [-0.4, -0.2) is 31.3 Å². The highest BCUT2D eigenvalue weighted by Crippen LogP contribution is 2.25. The highest BCUT2D eigenvalue weighted by Gasteiger charge is 2.13. The lowest BCUT2D eigenvalue weighted by Gasteiger charge is -2.27. The van der Waals surface area contributed by atoms with Crippen molar-refractivity contribution in [3.05, 3.63) is 29.3 Å². The summed E-state index contributed by atoms with van der Waals surface area (Å²) in [5, 5.41) is 0. The molecule has 0 atom stereocenters. The number of aryl methyl sites for hydroxylation is 1. The quantitative estimate of drug-likeness (QED) is 0.608. The van der Waals surface area contributed by atoms with Gasteiger partial charge in [0.25, 0.3) is 0 Å². The minimum absolute atomic E-state index is 0.448. The van der Waals surface area contributed by atoms with Gasteiger partial charge in [-0.25, -0.2) is 0 Å². The maximum Gasteiger partial charge on any atom is 0.106 e. The monoisotopic (exact) mass is 266 g/mol. The molecule has 2 N–H and O–H groups in total. The third-order valence-corrected chi connectivity index (χ3v) is 3.13. The van der Waals surface area contributed by atoms with Crippen molar-refractivity contribution in [1.82, 2.24) is 0 Å². The summed E-state index contributed by atoms with van der Waals surface area (Å²) >= 11 is 5.13. The van der Waals surface area contributed by atoms with E-state index in [1.807, 2.05) is 19.1 Å². The molecule has 0 unspecified atom stereocenters. The molecule has 18 heavy (non-hydrogen) atoms. The molecule has 0 bridgehead atoms. The van der Waals surface area contributed by atoms with Crippen molar-refractivity contribution in [1.29, 1.82) is 0 Å². The molecule has 0 aliphatic heterocycles. The summed E-state index contributed by atoms with van der Waals surface area (Å²) in [5.74, 6) is 0. The maximum absolute atomic E-state index is 5.80. The number of ether oxygens (including phenoxy) is 1. The van der Waals surface area contributed by atoms with Crippen LogP contribution in [0, 0.1) is 6.92 Å². The molecule has 0 aromatic heterocycles. The second-order valence-corrected chi connectivity index (χ2v) is 4.55. The van der Waals surface area contributed by atoms with Crippen molar-refractivity contribution in [2.24, 2.45) is 5.73 Å². The Morgan fingerprint density at radius 3 is 2.67 bits per heavy atom. The number of rotatable bonds is 7. The van der Waals surface area contributed by atoms with Crippen LogP contribution < -0.4 is 10.6 Å². The summed E-state index contributed by atoms with van der Waals surface area (Å²) < 4.78 is 5.42. The summed E-state index contributed by atoms with van der Waals surface area (Å²) in [6.45, 7) is 9.44. The zero-order chi connectivity index (χ0) is 13.5. The summed E-state index contributed by atoms with van der Waals surface area (Å²) in [6.07, 6.45) is 0. The second-order valence-electron chi connectivity index (χ2n) is 4.11. The van der Waals surface area contributed by atoms with Crippen molar-refractivity contribution >= 4 is 22.9 Å². The topological polar surface area (TPSA) is 38.5 Å². The smallest absolute Gasteiger partial charge is 0.106 e. The van der Waals surface area contributed by atoms with Crippen molar-refractivity contribution < 1.29 is 4.74 Å². The Morgan fingerprint density at radius 2 is 2.11 bits per heavy atom. The molecular weight excluding hydrogens is 244 g/mol. The van der Waals surface area contributed by atoms with Gasteiger partial charge < -0.3 is 15.4 Å². The molecule has 4 heteroatoms. The second kappa shape index (κ2) is 7.34. The van der Waals surface area contributed by atoms with Gasteiger partial charge in [-0.15, -0.1) is 0 Å². The van der Waals surface area contributed by atoms with Crippen LogP contribution >= 0.6 is 12.2 Å². The van der Waals surface area contributed by atoms with Crippen molar-refractivity contribution in [2.75, 3.05) is 31.2 Å². The summed E-state index contributed by atoms with van der Waals surface area (Å²) in [7, 11) is 0. The lowest BCUT2D eigenvalue weighted by Crippen LogP contribution is -2.30. The number of para-hydroxylation sites is 1. The largest absolute Gasteiger partial charge is 0.389 e. The molecule has 0 saturated carbocycles. The van der Waals surface area contributed by atoms with E-state index < -0.39 is 0 Å². The van der Waals surface area contributed by atoms with Crippen LogP contribution in [0.4, 0.5) is 5.69 Å². The van der Waals surface area contributed by atoms with Gasteiger partial charge in [-0.2, -0.15) is 0 Å². The molecule has 0 fully saturated rings. The predicted molar refractivity (Wildman–Crippen MR) is 81.4 cm³/mol. The maximum atomic E-state index is 5.80. The van der Waals surface area contributed by atoms with E-state index in [1.54, 1.807) is 0 Å². The average Bonchev–Trinajstić information content (AvgIpc) is 2.35. The van der Waals surface area contributed by atoms with E-state index in [4.69, 9.17) is 22.7 Å². The van der Waals surface area contributed by atoms with E-state index >= 15 is 0 Å². The minimum atomic E-state index is 0.448. The average molecular weight is 266 g/mol. The molecule has 1 aromatic carbocycles. The molecule has 0 amide bonds. The van der Waals surface area contributed by atoms with Gasteiger partial charge in [0, 0.05) is 30.9 Å². The zero-order valence-electron chi connectivity index (χ0n) is 11.4. The fraction of sp³-hybridized carbons (Fsp3) is 0.500. The van der Waals surface area contributed by atoms with Crippen LogP contribution in [0.3, 0.4) is 0 Å². The number of hydrogen-bond acceptors (Lipinski definition) is 3. The first-order valence-corrected chi connectivity index (χ1v) is 6.74. The van der Waals surface area contributed by atoms with Crippen LogP contribution in [0.15, 0.2) is 18.2 Å². The Morgan fingerprint density at radius 1 is 1.39 bits per heavy atom. The highest BCUT2D eigenvalue weighted by molar-refractivity contribution is 7.80. The molecule has 0 spiro atoms. The van der Waals surface area contributed by atoms with Gasteiger partial charge in [-0.3, -0.25) is 0 Å². The number of likely N-dealkylation sites (N-methyl/N-ethyl adjacent to an activating group) is 1. The Balaban J connectivity index is 3.00. The van der Waals surface area contributed by atoms with Gasteiger partial charge in [-0.05, 0) is 32.4 Å². The summed E-state index contributed by atoms with van der Waals surface area (Å²) in [4.78, 5) is 2.71. The molecular formula is C14H22N2OS. The van der Waals surface area contributed by atoms with E-state index in [0.29, 0.717) is 4.99 Å². The third kappa shape index (κ3) is 3.68. The van der Waals surface area contributed by atoms with Gasteiger partial charge >= 0.3 is 0 Å². The fourth-order valence-electron chi connectivity index (χ4n) is 2.02. The Labute approximate surface area is 115 Å². The van der Waals surface area contributed by atoms with E-state index in [1.165, 1.54) is 5.56 Å². The molecule has 0 radical (unpaired) electrons. The third-order valence-electron chi connectivity index (χ3n) is 2.91. The van der Waals surface area contributed by atoms with Crippen LogP contribution in [0.1, 0.15) is 25.0 Å². The number of anilines is 1. The van der Waals surface area contributed by atoms with Crippen molar-refractivity contribution in [3.8, 4) is 0 Å². The minimum Gasteiger partial charge on any atom is -0.389 e. The Bertz CT molecular complexity index is 407. The molecule has 100 valence electrons. The highest BCUT2D eigenvalue weighted by atomic mass is 32.1. The first-order chi connectivity index (χ1) is 8.61. The normalized spacial score (nSPS) is 10.4. The summed E-state index contributed by atoms with van der Waals surface area (Å²) in [5.41, 5.74) is 9.08. The SMILES string of the molecule is CCOCCN(CC)c1c(C)cccc1C(N)=S. The number of nitrogens with two attached hydrogens (primary N) is 1. The van der Waals surface area contributed by atoms with E-state index in [0.717, 1.165) is 37.6 Å². The number of hydrogen-bond donors (Lipinski definition) is 1. The standard InChI is InChI=1S/C14H22N2OS/c1-4-16(9-10-17-5-2)13-11(3)7-6-8-12(13)14(15)18/h6-8H,4-5,9-10H2,1-3H3,(H2,15,18). The van der Waals surface area contributed by atoms with Gasteiger partial charge in [0.05, 0.1) is 6.61 Å². The van der Waals surface area contributed by atoms with Crippen molar-refractivity contribution in [2.45, 2.75) is 20.8 Å². The fourth-order valence-corrected chi connectivity index (χ4v) is 2.19. The van der Waals surface area contributed by atoms with Crippen LogP contribution in [0.2, 0.25) is 0 Å². The zero-order valence-corrected chi connectivity index (χ0v) is 12.2. The van der Waals surface area contributed by atoms with E-state index in [9.17, 15) is 0 Å². The van der Waals surface area contributed by atoms with Crippen LogP contribution in [-0.2, 0) is 4.74 Å². The molecule has 0 heterocycles. The number of thiocarbonyl (C=S) groups is 1. The van der Waals surface area contributed by atoms with Gasteiger partial charge in [0.15, 0.2) is 0 Å². The Hall–Kier alpha value is -1.13. The van der Waals surface area contributed by atoms with Crippen LogP contribution in [0.25, 0.3) is 0 Å². The first-order valence-electron chi connectivity index (χ1n) is 6.33.